The topological polar surface area (TPSA) is 77.2 Å². The van der Waals surface area contributed by atoms with Crippen molar-refractivity contribution >= 4 is 23.2 Å². The Morgan fingerprint density at radius 1 is 1.07 bits per heavy atom. The minimum Gasteiger partial charge on any atom is -0.457 e. The highest BCUT2D eigenvalue weighted by Crippen LogP contribution is 2.35. The molecule has 0 aliphatic carbocycles. The molecule has 0 saturated heterocycles. The zero-order chi connectivity index (χ0) is 21.0. The molecular weight excluding hydrogens is 407 g/mol. The first kappa shape index (κ1) is 20.5. The Labute approximate surface area is 169 Å². The summed E-state index contributed by atoms with van der Waals surface area (Å²) in [5.74, 6) is 0.240. The minimum atomic E-state index is -4.51. The van der Waals surface area contributed by atoms with Gasteiger partial charge in [0.2, 0.25) is 0 Å². The Hall–Kier alpha value is -3.26. The number of carbonyl (C=O) groups excluding carboxylic acids is 1. The number of primary amides is 1. The summed E-state index contributed by atoms with van der Waals surface area (Å²) in [7, 11) is 0. The lowest BCUT2D eigenvalue weighted by Crippen LogP contribution is -2.12. The second-order valence-electron chi connectivity index (χ2n) is 6.03. The van der Waals surface area contributed by atoms with Gasteiger partial charge in [0.25, 0.3) is 5.91 Å². The van der Waals surface area contributed by atoms with Crippen molar-refractivity contribution in [3.63, 3.8) is 0 Å². The molecule has 0 unspecified atom stereocenters. The number of nitrogens with two attached hydrogens (primary N) is 1. The molecule has 3 N–H and O–H groups in total. The van der Waals surface area contributed by atoms with Crippen LogP contribution in [0.1, 0.15) is 21.6 Å². The summed E-state index contributed by atoms with van der Waals surface area (Å²) in [6.07, 6.45) is -3.10. The molecule has 0 bridgehead atoms. The second kappa shape index (κ2) is 8.40. The van der Waals surface area contributed by atoms with Crippen LogP contribution in [0.3, 0.4) is 0 Å². The summed E-state index contributed by atoms with van der Waals surface area (Å²) in [5.41, 5.74) is 5.53. The number of nitrogens with zero attached hydrogens (tertiary/aromatic N) is 1. The Morgan fingerprint density at radius 3 is 2.45 bits per heavy atom. The Morgan fingerprint density at radius 2 is 1.79 bits per heavy atom. The van der Waals surface area contributed by atoms with Gasteiger partial charge in [0.05, 0.1) is 10.6 Å². The number of carbonyl (C=O) groups is 1. The Kier molecular flexibility index (Phi) is 5.93. The molecule has 29 heavy (non-hydrogen) atoms. The van der Waals surface area contributed by atoms with E-state index in [2.05, 4.69) is 10.3 Å². The molecule has 1 amide bonds. The molecule has 0 aliphatic heterocycles. The van der Waals surface area contributed by atoms with E-state index in [9.17, 15) is 18.0 Å². The molecule has 9 heteroatoms. The molecular formula is C20H15ClF3N3O2. The number of ether oxygens (including phenoxy) is 1. The third-order valence-electron chi connectivity index (χ3n) is 3.91. The van der Waals surface area contributed by atoms with Gasteiger partial charge < -0.3 is 15.8 Å². The number of amides is 1. The molecule has 0 aliphatic rings. The predicted molar refractivity (Wildman–Crippen MR) is 103 cm³/mol. The second-order valence-corrected chi connectivity index (χ2v) is 6.44. The molecule has 5 nitrogen and oxygen atoms in total. The molecule has 0 atom stereocenters. The van der Waals surface area contributed by atoms with Gasteiger partial charge in [-0.3, -0.25) is 9.78 Å². The van der Waals surface area contributed by atoms with Gasteiger partial charge in [-0.2, -0.15) is 13.2 Å². The maximum absolute atomic E-state index is 12.9. The van der Waals surface area contributed by atoms with Crippen LogP contribution in [-0.2, 0) is 12.7 Å². The van der Waals surface area contributed by atoms with E-state index in [1.807, 2.05) is 0 Å². The zero-order valence-electron chi connectivity index (χ0n) is 14.8. The van der Waals surface area contributed by atoms with Crippen LogP contribution < -0.4 is 15.8 Å². The van der Waals surface area contributed by atoms with E-state index < -0.39 is 17.6 Å². The fourth-order valence-corrected chi connectivity index (χ4v) is 2.71. The van der Waals surface area contributed by atoms with Crippen LogP contribution in [0.2, 0.25) is 5.02 Å². The van der Waals surface area contributed by atoms with E-state index in [1.165, 1.54) is 24.4 Å². The van der Waals surface area contributed by atoms with Crippen molar-refractivity contribution < 1.29 is 22.7 Å². The first-order chi connectivity index (χ1) is 13.7. The number of aromatic nitrogens is 1. The lowest BCUT2D eigenvalue weighted by atomic mass is 10.1. The average Bonchev–Trinajstić information content (AvgIpc) is 2.68. The molecule has 0 spiro atoms. The van der Waals surface area contributed by atoms with Gasteiger partial charge in [0.15, 0.2) is 0 Å². The maximum Gasteiger partial charge on any atom is 0.417 e. The standard InChI is InChI=1S/C20H15ClF3N3O2/c21-17-6-1-12(9-16(17)20(22,23)24)11-27-13-2-4-14(5-3-13)29-15-7-8-26-18(10-15)19(25)28/h1-10,27H,11H2,(H2,25,28). The number of rotatable bonds is 6. The van der Waals surface area contributed by atoms with E-state index >= 15 is 0 Å². The number of alkyl halides is 3. The van der Waals surface area contributed by atoms with Gasteiger partial charge in [-0.1, -0.05) is 17.7 Å². The van der Waals surface area contributed by atoms with Crippen molar-refractivity contribution in [1.29, 1.82) is 0 Å². The molecule has 1 heterocycles. The summed E-state index contributed by atoms with van der Waals surface area (Å²) in [6.45, 7) is 0.187. The van der Waals surface area contributed by atoms with E-state index in [-0.39, 0.29) is 17.3 Å². The number of hydrogen-bond donors (Lipinski definition) is 2. The van der Waals surface area contributed by atoms with Crippen molar-refractivity contribution in [3.05, 3.63) is 82.6 Å². The van der Waals surface area contributed by atoms with Gasteiger partial charge in [-0.25, -0.2) is 0 Å². The number of hydrogen-bond acceptors (Lipinski definition) is 4. The summed E-state index contributed by atoms with van der Waals surface area (Å²) < 4.78 is 44.4. The number of benzene rings is 2. The number of nitrogens with one attached hydrogen (secondary N) is 1. The van der Waals surface area contributed by atoms with Crippen molar-refractivity contribution in [2.75, 3.05) is 5.32 Å². The Bertz CT molecular complexity index is 1020. The van der Waals surface area contributed by atoms with Crippen molar-refractivity contribution in [3.8, 4) is 11.5 Å². The largest absolute Gasteiger partial charge is 0.457 e. The van der Waals surface area contributed by atoms with Crippen LogP contribution in [0, 0.1) is 0 Å². The van der Waals surface area contributed by atoms with Crippen LogP contribution in [0.5, 0.6) is 11.5 Å². The third kappa shape index (κ3) is 5.39. The summed E-state index contributed by atoms with van der Waals surface area (Å²) in [5, 5.41) is 2.70. The normalized spacial score (nSPS) is 11.2. The van der Waals surface area contributed by atoms with Crippen molar-refractivity contribution in [2.24, 2.45) is 5.73 Å². The minimum absolute atomic E-state index is 0.0852. The van der Waals surface area contributed by atoms with E-state index in [1.54, 1.807) is 30.3 Å². The number of anilines is 1. The fraction of sp³-hybridized carbons (Fsp3) is 0.100. The summed E-state index contributed by atoms with van der Waals surface area (Å²) in [4.78, 5) is 15.0. The van der Waals surface area contributed by atoms with Crippen molar-refractivity contribution in [1.82, 2.24) is 4.98 Å². The molecule has 3 rings (SSSR count). The van der Waals surface area contributed by atoms with Gasteiger partial charge in [-0.15, -0.1) is 0 Å². The van der Waals surface area contributed by atoms with Crippen LogP contribution in [-0.4, -0.2) is 10.9 Å². The molecule has 2 aromatic carbocycles. The van der Waals surface area contributed by atoms with Gasteiger partial charge >= 0.3 is 6.18 Å². The van der Waals surface area contributed by atoms with E-state index in [0.29, 0.717) is 22.7 Å². The predicted octanol–water partition coefficient (Wildman–Crippen LogP) is 5.26. The lowest BCUT2D eigenvalue weighted by Gasteiger charge is -2.12. The zero-order valence-corrected chi connectivity index (χ0v) is 15.6. The SMILES string of the molecule is NC(=O)c1cc(Oc2ccc(NCc3ccc(Cl)c(C(F)(F)F)c3)cc2)ccn1. The lowest BCUT2D eigenvalue weighted by molar-refractivity contribution is -0.137. The third-order valence-corrected chi connectivity index (χ3v) is 4.24. The van der Waals surface area contributed by atoms with Gasteiger partial charge in [0, 0.05) is 24.5 Å². The van der Waals surface area contributed by atoms with Crippen LogP contribution in [0.15, 0.2) is 60.8 Å². The van der Waals surface area contributed by atoms with Gasteiger partial charge in [0.1, 0.15) is 17.2 Å². The molecule has 3 aromatic rings. The van der Waals surface area contributed by atoms with Crippen LogP contribution in [0.25, 0.3) is 0 Å². The number of halogens is 4. The molecule has 0 radical (unpaired) electrons. The molecule has 1 aromatic heterocycles. The average molecular weight is 422 g/mol. The Balaban J connectivity index is 1.64. The first-order valence-electron chi connectivity index (χ1n) is 8.35. The van der Waals surface area contributed by atoms with Crippen LogP contribution >= 0.6 is 11.6 Å². The molecule has 150 valence electrons. The van der Waals surface area contributed by atoms with Crippen LogP contribution in [0.4, 0.5) is 18.9 Å². The highest BCUT2D eigenvalue weighted by Gasteiger charge is 2.33. The smallest absolute Gasteiger partial charge is 0.417 e. The highest BCUT2D eigenvalue weighted by molar-refractivity contribution is 6.31. The quantitative estimate of drug-likeness (QED) is 0.569. The van der Waals surface area contributed by atoms with E-state index in [0.717, 1.165) is 6.07 Å². The summed E-state index contributed by atoms with van der Waals surface area (Å²) >= 11 is 5.63. The summed E-state index contributed by atoms with van der Waals surface area (Å²) in [6, 6.07) is 13.6. The molecule has 0 saturated carbocycles. The highest BCUT2D eigenvalue weighted by atomic mass is 35.5. The monoisotopic (exact) mass is 421 g/mol. The van der Waals surface area contributed by atoms with Crippen molar-refractivity contribution in [2.45, 2.75) is 12.7 Å². The fourth-order valence-electron chi connectivity index (χ4n) is 2.49. The van der Waals surface area contributed by atoms with E-state index in [4.69, 9.17) is 22.1 Å². The molecule has 0 fully saturated rings. The number of pyridine rings is 1. The first-order valence-corrected chi connectivity index (χ1v) is 8.73. The van der Waals surface area contributed by atoms with Gasteiger partial charge in [-0.05, 0) is 48.0 Å². The maximum atomic E-state index is 12.9.